The molecule has 2 rings (SSSR count). The molecule has 0 radical (unpaired) electrons. The third kappa shape index (κ3) is 2.41. The lowest BCUT2D eigenvalue weighted by Crippen LogP contribution is -2.15. The molecule has 2 N–H and O–H groups in total. The van der Waals surface area contributed by atoms with E-state index in [0.717, 1.165) is 0 Å². The monoisotopic (exact) mass is 266 g/mol. The first-order valence-electron chi connectivity index (χ1n) is 4.99. The fraction of sp³-hybridized carbons (Fsp3) is 0. The van der Waals surface area contributed by atoms with E-state index in [1.54, 1.807) is 0 Å². The van der Waals surface area contributed by atoms with Gasteiger partial charge in [0.05, 0.1) is 10.7 Å². The van der Waals surface area contributed by atoms with Crippen LogP contribution in [0.25, 0.3) is 0 Å². The summed E-state index contributed by atoms with van der Waals surface area (Å²) >= 11 is 5.76. The molecule has 4 nitrogen and oxygen atoms in total. The molecule has 0 spiro atoms. The van der Waals surface area contributed by atoms with Gasteiger partial charge in [0.25, 0.3) is 5.91 Å². The number of halogens is 2. The number of benzene rings is 1. The molecule has 92 valence electrons. The van der Waals surface area contributed by atoms with Crippen molar-refractivity contribution in [2.45, 2.75) is 0 Å². The van der Waals surface area contributed by atoms with Crippen LogP contribution in [0.2, 0.25) is 5.02 Å². The standard InChI is InChI=1S/C12H8ClFN2O2/c13-7-3-1-4-8(14)10(7)16-12(18)11-9(17)5-2-6-15-11/h1-6,17H,(H,16,18). The van der Waals surface area contributed by atoms with Crippen LogP contribution in [0, 0.1) is 5.82 Å². The summed E-state index contributed by atoms with van der Waals surface area (Å²) in [5.74, 6) is -1.69. The molecule has 0 fully saturated rings. The Hall–Kier alpha value is -2.14. The molecular formula is C12H8ClFN2O2. The lowest BCUT2D eigenvalue weighted by molar-refractivity contribution is 0.101. The van der Waals surface area contributed by atoms with Crippen molar-refractivity contribution in [1.82, 2.24) is 4.98 Å². The van der Waals surface area contributed by atoms with Crippen molar-refractivity contribution in [2.75, 3.05) is 5.32 Å². The fourth-order valence-corrected chi connectivity index (χ4v) is 1.57. The highest BCUT2D eigenvalue weighted by molar-refractivity contribution is 6.34. The van der Waals surface area contributed by atoms with Crippen LogP contribution < -0.4 is 5.32 Å². The van der Waals surface area contributed by atoms with Crippen molar-refractivity contribution in [1.29, 1.82) is 0 Å². The summed E-state index contributed by atoms with van der Waals surface area (Å²) < 4.78 is 13.4. The summed E-state index contributed by atoms with van der Waals surface area (Å²) in [4.78, 5) is 15.5. The zero-order valence-electron chi connectivity index (χ0n) is 9.02. The van der Waals surface area contributed by atoms with E-state index in [4.69, 9.17) is 11.6 Å². The number of aromatic hydroxyl groups is 1. The van der Waals surface area contributed by atoms with E-state index in [-0.39, 0.29) is 22.2 Å². The van der Waals surface area contributed by atoms with Crippen LogP contribution in [-0.2, 0) is 0 Å². The molecule has 0 unspecified atom stereocenters. The first kappa shape index (κ1) is 12.3. The molecule has 1 heterocycles. The minimum absolute atomic E-state index is 0.0683. The van der Waals surface area contributed by atoms with Crippen LogP contribution in [0.15, 0.2) is 36.5 Å². The molecule has 0 saturated heterocycles. The molecule has 6 heteroatoms. The second-order valence-electron chi connectivity index (χ2n) is 3.42. The zero-order valence-corrected chi connectivity index (χ0v) is 9.78. The predicted molar refractivity (Wildman–Crippen MR) is 65.3 cm³/mol. The summed E-state index contributed by atoms with van der Waals surface area (Å²) in [7, 11) is 0. The van der Waals surface area contributed by atoms with Crippen LogP contribution in [0.5, 0.6) is 5.75 Å². The molecule has 18 heavy (non-hydrogen) atoms. The number of hydrogen-bond acceptors (Lipinski definition) is 3. The topological polar surface area (TPSA) is 62.2 Å². The van der Waals surface area contributed by atoms with Crippen molar-refractivity contribution in [3.05, 3.63) is 53.1 Å². The van der Waals surface area contributed by atoms with E-state index in [2.05, 4.69) is 10.3 Å². The second kappa shape index (κ2) is 5.01. The van der Waals surface area contributed by atoms with E-state index >= 15 is 0 Å². The van der Waals surface area contributed by atoms with Crippen molar-refractivity contribution < 1.29 is 14.3 Å². The number of para-hydroxylation sites is 1. The number of amides is 1. The lowest BCUT2D eigenvalue weighted by Gasteiger charge is -2.08. The smallest absolute Gasteiger partial charge is 0.278 e. The van der Waals surface area contributed by atoms with E-state index in [9.17, 15) is 14.3 Å². The molecule has 0 aliphatic carbocycles. The zero-order chi connectivity index (χ0) is 13.1. The van der Waals surface area contributed by atoms with Gasteiger partial charge in [0.1, 0.15) is 11.6 Å². The highest BCUT2D eigenvalue weighted by Gasteiger charge is 2.16. The summed E-state index contributed by atoms with van der Waals surface area (Å²) in [5, 5.41) is 11.8. The molecule has 2 aromatic rings. The molecule has 0 bridgehead atoms. The maximum absolute atomic E-state index is 13.4. The minimum Gasteiger partial charge on any atom is -0.505 e. The lowest BCUT2D eigenvalue weighted by atomic mass is 10.2. The molecule has 0 saturated carbocycles. The Bertz CT molecular complexity index is 584. The Kier molecular flexibility index (Phi) is 3.43. The number of hydrogen-bond donors (Lipinski definition) is 2. The summed E-state index contributed by atoms with van der Waals surface area (Å²) in [5.41, 5.74) is -0.342. The molecular weight excluding hydrogens is 259 g/mol. The third-order valence-corrected chi connectivity index (χ3v) is 2.52. The number of nitrogens with zero attached hydrogens (tertiary/aromatic N) is 1. The van der Waals surface area contributed by atoms with Crippen LogP contribution in [0.1, 0.15) is 10.5 Å². The van der Waals surface area contributed by atoms with Gasteiger partial charge < -0.3 is 10.4 Å². The van der Waals surface area contributed by atoms with Gasteiger partial charge in [-0.15, -0.1) is 0 Å². The van der Waals surface area contributed by atoms with Gasteiger partial charge in [0.15, 0.2) is 5.69 Å². The number of carbonyl (C=O) groups excluding carboxylic acids is 1. The average molecular weight is 267 g/mol. The van der Waals surface area contributed by atoms with Crippen molar-refractivity contribution in [3.63, 3.8) is 0 Å². The quantitative estimate of drug-likeness (QED) is 0.879. The molecule has 1 aromatic heterocycles. The summed E-state index contributed by atoms with van der Waals surface area (Å²) in [6, 6.07) is 6.82. The largest absolute Gasteiger partial charge is 0.505 e. The van der Waals surface area contributed by atoms with Crippen molar-refractivity contribution in [3.8, 4) is 5.75 Å². The van der Waals surface area contributed by atoms with E-state index in [1.807, 2.05) is 0 Å². The van der Waals surface area contributed by atoms with Crippen LogP contribution in [0.4, 0.5) is 10.1 Å². The maximum atomic E-state index is 13.4. The number of aromatic nitrogens is 1. The molecule has 1 amide bonds. The minimum atomic E-state index is -0.736. The molecule has 0 aliphatic rings. The Morgan fingerprint density at radius 1 is 1.33 bits per heavy atom. The van der Waals surface area contributed by atoms with Gasteiger partial charge in [0.2, 0.25) is 0 Å². The highest BCUT2D eigenvalue weighted by Crippen LogP contribution is 2.25. The Labute approximate surface area is 107 Å². The van der Waals surface area contributed by atoms with Crippen molar-refractivity contribution >= 4 is 23.2 Å². The first-order valence-corrected chi connectivity index (χ1v) is 5.36. The van der Waals surface area contributed by atoms with E-state index in [1.165, 1.54) is 36.5 Å². The predicted octanol–water partition coefficient (Wildman–Crippen LogP) is 2.83. The fourth-order valence-electron chi connectivity index (χ4n) is 1.36. The van der Waals surface area contributed by atoms with Gasteiger partial charge in [0, 0.05) is 6.20 Å². The summed E-state index contributed by atoms with van der Waals surface area (Å²) in [6.45, 7) is 0. The first-order chi connectivity index (χ1) is 8.59. The van der Waals surface area contributed by atoms with Gasteiger partial charge in [-0.05, 0) is 24.3 Å². The van der Waals surface area contributed by atoms with Gasteiger partial charge >= 0.3 is 0 Å². The number of rotatable bonds is 2. The third-order valence-electron chi connectivity index (χ3n) is 2.20. The SMILES string of the molecule is O=C(Nc1c(F)cccc1Cl)c1ncccc1O. The second-order valence-corrected chi connectivity index (χ2v) is 3.83. The van der Waals surface area contributed by atoms with Gasteiger partial charge in [-0.1, -0.05) is 17.7 Å². The van der Waals surface area contributed by atoms with E-state index < -0.39 is 11.7 Å². The summed E-state index contributed by atoms with van der Waals surface area (Å²) in [6.07, 6.45) is 1.34. The molecule has 0 aliphatic heterocycles. The van der Waals surface area contributed by atoms with Gasteiger partial charge in [-0.3, -0.25) is 4.79 Å². The average Bonchev–Trinajstić information content (AvgIpc) is 2.34. The normalized spacial score (nSPS) is 10.1. The Morgan fingerprint density at radius 3 is 2.78 bits per heavy atom. The van der Waals surface area contributed by atoms with E-state index in [0.29, 0.717) is 0 Å². The van der Waals surface area contributed by atoms with Crippen LogP contribution in [-0.4, -0.2) is 16.0 Å². The van der Waals surface area contributed by atoms with Crippen LogP contribution >= 0.6 is 11.6 Å². The number of anilines is 1. The molecule has 0 atom stereocenters. The maximum Gasteiger partial charge on any atom is 0.278 e. The number of carbonyl (C=O) groups is 1. The Balaban J connectivity index is 2.30. The van der Waals surface area contributed by atoms with Gasteiger partial charge in [-0.25, -0.2) is 9.37 Å². The van der Waals surface area contributed by atoms with Gasteiger partial charge in [-0.2, -0.15) is 0 Å². The number of nitrogens with one attached hydrogen (secondary N) is 1. The number of pyridine rings is 1. The van der Waals surface area contributed by atoms with Crippen molar-refractivity contribution in [2.24, 2.45) is 0 Å². The van der Waals surface area contributed by atoms with Crippen LogP contribution in [0.3, 0.4) is 0 Å². The molecule has 1 aromatic carbocycles. The Morgan fingerprint density at radius 2 is 2.11 bits per heavy atom. The highest BCUT2D eigenvalue weighted by atomic mass is 35.5.